The lowest BCUT2D eigenvalue weighted by molar-refractivity contribution is -0.161. The molecule has 0 radical (unpaired) electrons. The van der Waals surface area contributed by atoms with Crippen LogP contribution in [-0.2, 0) is 65.4 Å². The first kappa shape index (κ1) is 92.1. The zero-order valence-corrected chi connectivity index (χ0v) is 63.4. The summed E-state index contributed by atoms with van der Waals surface area (Å²) < 4.78 is 68.5. The van der Waals surface area contributed by atoms with Crippen molar-refractivity contribution in [2.75, 3.05) is 39.6 Å². The number of hydrogen-bond acceptors (Lipinski definition) is 15. The molecule has 19 heteroatoms. The number of rotatable bonds is 72. The maximum Gasteiger partial charge on any atom is 0.472 e. The molecule has 6 atom stereocenters. The quantitative estimate of drug-likeness (QED) is 0.0222. The molecule has 0 aliphatic rings. The van der Waals surface area contributed by atoms with Gasteiger partial charge in [-0.25, -0.2) is 9.13 Å². The van der Waals surface area contributed by atoms with Gasteiger partial charge in [0.05, 0.1) is 26.4 Å². The maximum atomic E-state index is 13.1. The number of aliphatic hydroxyl groups excluding tert-OH is 1. The van der Waals surface area contributed by atoms with E-state index in [1.54, 1.807) is 0 Å². The third-order valence-corrected chi connectivity index (χ3v) is 19.6. The van der Waals surface area contributed by atoms with E-state index in [9.17, 15) is 43.2 Å². The second-order valence-electron chi connectivity index (χ2n) is 28.7. The maximum absolute atomic E-state index is 13.1. The van der Waals surface area contributed by atoms with E-state index in [0.29, 0.717) is 31.6 Å². The lowest BCUT2D eigenvalue weighted by Gasteiger charge is -2.21. The van der Waals surface area contributed by atoms with Crippen molar-refractivity contribution >= 4 is 39.5 Å². The summed E-state index contributed by atoms with van der Waals surface area (Å²) in [6, 6.07) is 0. The van der Waals surface area contributed by atoms with Gasteiger partial charge in [-0.05, 0) is 49.4 Å². The van der Waals surface area contributed by atoms with Crippen LogP contribution in [0.5, 0.6) is 0 Å². The minimum Gasteiger partial charge on any atom is -0.462 e. The largest absolute Gasteiger partial charge is 0.472 e. The normalized spacial score (nSPS) is 14.4. The van der Waals surface area contributed by atoms with E-state index >= 15 is 0 Å². The molecule has 558 valence electrons. The van der Waals surface area contributed by atoms with Crippen molar-refractivity contribution in [1.29, 1.82) is 0 Å². The molecule has 0 saturated heterocycles. The molecule has 0 aromatic heterocycles. The van der Waals surface area contributed by atoms with Gasteiger partial charge in [0.2, 0.25) is 0 Å². The Bertz CT molecular complexity index is 1850. The van der Waals surface area contributed by atoms with Crippen LogP contribution in [-0.4, -0.2) is 96.7 Å². The third-order valence-electron chi connectivity index (χ3n) is 17.7. The van der Waals surface area contributed by atoms with E-state index in [-0.39, 0.29) is 25.7 Å². The van der Waals surface area contributed by atoms with Crippen LogP contribution in [0, 0.1) is 23.7 Å². The van der Waals surface area contributed by atoms with Crippen molar-refractivity contribution in [3.8, 4) is 0 Å². The lowest BCUT2D eigenvalue weighted by Crippen LogP contribution is -2.30. The highest BCUT2D eigenvalue weighted by Gasteiger charge is 2.30. The highest BCUT2D eigenvalue weighted by molar-refractivity contribution is 7.47. The van der Waals surface area contributed by atoms with E-state index in [1.807, 2.05) is 0 Å². The van der Waals surface area contributed by atoms with Crippen LogP contribution in [0.15, 0.2) is 0 Å². The highest BCUT2D eigenvalue weighted by Crippen LogP contribution is 2.45. The fraction of sp³-hybridized carbons (Fsp3) is 0.947. The Balaban J connectivity index is 5.25. The standard InChI is InChI=1S/C75H146O17P2/c1-9-68(8)54-46-38-29-23-19-20-24-30-39-47-55-72(77)85-61-70(91-74(79)57-49-41-31-25-17-12-10-11-15-21-27-35-43-51-65(2)3)63-89-93(81,82)87-59-69(76)60-88-94(83,84)90-64-71(62-86-73(78)56-48-40-34-33-37-45-53-67(6)7)92-75(80)58-50-42-32-26-18-14-13-16-22-28-36-44-52-66(4)5/h65-71,76H,9-64H2,1-8H3,(H,81,82)(H,83,84)/t68?,69-,70-,71-/m1/s1. The van der Waals surface area contributed by atoms with Gasteiger partial charge in [0, 0.05) is 25.7 Å². The van der Waals surface area contributed by atoms with E-state index < -0.39 is 97.5 Å². The van der Waals surface area contributed by atoms with Gasteiger partial charge in [0.25, 0.3) is 0 Å². The van der Waals surface area contributed by atoms with Gasteiger partial charge in [-0.15, -0.1) is 0 Å². The molecule has 0 rings (SSSR count). The van der Waals surface area contributed by atoms with Crippen LogP contribution in [0.2, 0.25) is 0 Å². The van der Waals surface area contributed by atoms with Crippen LogP contribution in [0.1, 0.15) is 376 Å². The molecule has 17 nitrogen and oxygen atoms in total. The van der Waals surface area contributed by atoms with Gasteiger partial charge in [0.1, 0.15) is 19.3 Å². The number of carbonyl (C=O) groups excluding carboxylic acids is 4. The SMILES string of the molecule is CCC(C)CCCCCCCCCCCCC(=O)OC[C@H](COP(=O)(O)OC[C@@H](O)COP(=O)(O)OC[C@@H](COC(=O)CCCCCCCCC(C)C)OC(=O)CCCCCCCCCCCCCCC(C)C)OC(=O)CCCCCCCCCCCCCCCC(C)C. The molecule has 0 aromatic carbocycles. The molecule has 0 aliphatic heterocycles. The number of phosphoric ester groups is 2. The van der Waals surface area contributed by atoms with Crippen molar-refractivity contribution in [1.82, 2.24) is 0 Å². The summed E-state index contributed by atoms with van der Waals surface area (Å²) in [6.45, 7) is 14.2. The van der Waals surface area contributed by atoms with E-state index in [2.05, 4.69) is 55.4 Å². The molecule has 0 heterocycles. The van der Waals surface area contributed by atoms with Crippen molar-refractivity contribution in [3.05, 3.63) is 0 Å². The predicted molar refractivity (Wildman–Crippen MR) is 381 cm³/mol. The summed E-state index contributed by atoms with van der Waals surface area (Å²) in [6.07, 6.45) is 48.6. The Morgan fingerprint density at radius 1 is 0.298 bits per heavy atom. The molecule has 94 heavy (non-hydrogen) atoms. The number of hydrogen-bond donors (Lipinski definition) is 3. The fourth-order valence-electron chi connectivity index (χ4n) is 11.3. The summed E-state index contributed by atoms with van der Waals surface area (Å²) >= 11 is 0. The zero-order chi connectivity index (χ0) is 69.6. The topological polar surface area (TPSA) is 237 Å². The summed E-state index contributed by atoms with van der Waals surface area (Å²) in [4.78, 5) is 72.8. The molecule has 0 fully saturated rings. The molecular weight excluding hydrogens is 1230 g/mol. The van der Waals surface area contributed by atoms with Gasteiger partial charge < -0.3 is 33.8 Å². The van der Waals surface area contributed by atoms with E-state index in [0.717, 1.165) is 114 Å². The van der Waals surface area contributed by atoms with E-state index in [4.69, 9.17) is 37.0 Å². The zero-order valence-electron chi connectivity index (χ0n) is 61.6. The Hall–Kier alpha value is -1.94. The van der Waals surface area contributed by atoms with Crippen LogP contribution in [0.4, 0.5) is 0 Å². The van der Waals surface area contributed by atoms with Gasteiger partial charge in [0.15, 0.2) is 12.2 Å². The second-order valence-corrected chi connectivity index (χ2v) is 31.6. The van der Waals surface area contributed by atoms with Crippen LogP contribution < -0.4 is 0 Å². The Kier molecular flexibility index (Phi) is 63.1. The van der Waals surface area contributed by atoms with Crippen molar-refractivity contribution in [3.63, 3.8) is 0 Å². The smallest absolute Gasteiger partial charge is 0.462 e. The minimum absolute atomic E-state index is 0.105. The minimum atomic E-state index is -4.96. The van der Waals surface area contributed by atoms with Crippen molar-refractivity contribution in [2.45, 2.75) is 395 Å². The molecule has 0 bridgehead atoms. The van der Waals surface area contributed by atoms with Crippen LogP contribution in [0.25, 0.3) is 0 Å². The van der Waals surface area contributed by atoms with Crippen LogP contribution >= 0.6 is 15.6 Å². The molecule has 0 spiro atoms. The fourth-order valence-corrected chi connectivity index (χ4v) is 12.9. The van der Waals surface area contributed by atoms with Gasteiger partial charge in [-0.1, -0.05) is 325 Å². The molecule has 3 N–H and O–H groups in total. The Labute approximate surface area is 575 Å². The number of aliphatic hydroxyl groups is 1. The summed E-state index contributed by atoms with van der Waals surface area (Å²) in [5.74, 6) is 0.929. The van der Waals surface area contributed by atoms with E-state index in [1.165, 1.54) is 173 Å². The van der Waals surface area contributed by atoms with Crippen molar-refractivity contribution < 1.29 is 80.2 Å². The number of carbonyl (C=O) groups is 4. The summed E-state index contributed by atoms with van der Waals surface area (Å²) in [5, 5.41) is 10.6. The molecule has 0 saturated carbocycles. The van der Waals surface area contributed by atoms with Gasteiger partial charge in [-0.3, -0.25) is 37.3 Å². The molecule has 0 amide bonds. The number of ether oxygens (including phenoxy) is 4. The predicted octanol–water partition coefficient (Wildman–Crippen LogP) is 21.7. The Morgan fingerprint density at radius 2 is 0.511 bits per heavy atom. The summed E-state index contributed by atoms with van der Waals surface area (Å²) in [7, 11) is -9.91. The first-order valence-corrected chi connectivity index (χ1v) is 41.7. The number of unbranched alkanes of at least 4 members (excludes halogenated alkanes) is 37. The average Bonchev–Trinajstić information content (AvgIpc) is 1.22. The number of phosphoric acid groups is 2. The molecule has 3 unspecified atom stereocenters. The number of esters is 4. The molecular formula is C75H146O17P2. The lowest BCUT2D eigenvalue weighted by atomic mass is 9.99. The van der Waals surface area contributed by atoms with Gasteiger partial charge >= 0.3 is 39.5 Å². The summed E-state index contributed by atoms with van der Waals surface area (Å²) in [5.41, 5.74) is 0. The first-order valence-electron chi connectivity index (χ1n) is 38.7. The highest BCUT2D eigenvalue weighted by atomic mass is 31.2. The molecule has 0 aromatic rings. The average molecular weight is 1380 g/mol. The van der Waals surface area contributed by atoms with Gasteiger partial charge in [-0.2, -0.15) is 0 Å². The molecule has 0 aliphatic carbocycles. The second kappa shape index (κ2) is 64.4. The monoisotopic (exact) mass is 1380 g/mol. The first-order chi connectivity index (χ1) is 45.1. The Morgan fingerprint density at radius 3 is 0.755 bits per heavy atom. The van der Waals surface area contributed by atoms with Crippen LogP contribution in [0.3, 0.4) is 0 Å². The third kappa shape index (κ3) is 67.3. The van der Waals surface area contributed by atoms with Crippen molar-refractivity contribution in [2.24, 2.45) is 23.7 Å².